The van der Waals surface area contributed by atoms with Gasteiger partial charge in [-0.3, -0.25) is 15.1 Å². The summed E-state index contributed by atoms with van der Waals surface area (Å²) in [7, 11) is 2.02. The number of pyridine rings is 1. The maximum Gasteiger partial charge on any atom is 0.413 e. The molecule has 2 atom stereocenters. The molecule has 1 aliphatic heterocycles. The van der Waals surface area contributed by atoms with Crippen LogP contribution in [0.25, 0.3) is 0 Å². The number of nitrogens with zero attached hydrogens (tertiary/aromatic N) is 4. The summed E-state index contributed by atoms with van der Waals surface area (Å²) in [5.41, 5.74) is 2.75. The van der Waals surface area contributed by atoms with E-state index >= 15 is 0 Å². The van der Waals surface area contributed by atoms with Crippen molar-refractivity contribution in [2.24, 2.45) is 5.92 Å². The van der Waals surface area contributed by atoms with E-state index < -0.39 is 6.09 Å². The van der Waals surface area contributed by atoms with Gasteiger partial charge in [-0.25, -0.2) is 19.2 Å². The van der Waals surface area contributed by atoms with Crippen LogP contribution in [0.4, 0.5) is 20.8 Å². The molecule has 0 fully saturated rings. The zero-order chi connectivity index (χ0) is 24.2. The van der Waals surface area contributed by atoms with Crippen molar-refractivity contribution in [2.75, 3.05) is 37.4 Å². The first-order valence-corrected chi connectivity index (χ1v) is 11.4. The van der Waals surface area contributed by atoms with Crippen LogP contribution in [0, 0.1) is 18.7 Å². The summed E-state index contributed by atoms with van der Waals surface area (Å²) in [5.74, 6) is 0.299. The predicted octanol–water partition coefficient (Wildman–Crippen LogP) is 2.71. The highest BCUT2D eigenvalue weighted by atomic mass is 19.1. The fraction of sp³-hybridized carbons (Fsp3) is 0.522. The maximum absolute atomic E-state index is 14.1. The lowest BCUT2D eigenvalue weighted by Gasteiger charge is -2.23. The highest BCUT2D eigenvalue weighted by molar-refractivity contribution is 5.94. The minimum Gasteiger partial charge on any atom is -0.465 e. The molecule has 1 aliphatic carbocycles. The fourth-order valence-electron chi connectivity index (χ4n) is 4.40. The Balaban J connectivity index is 1.23. The van der Waals surface area contributed by atoms with Gasteiger partial charge in [-0.05, 0) is 56.7 Å². The van der Waals surface area contributed by atoms with Gasteiger partial charge in [0.2, 0.25) is 0 Å². The topological polar surface area (TPSA) is 119 Å². The quantitative estimate of drug-likeness (QED) is 0.602. The van der Waals surface area contributed by atoms with Gasteiger partial charge in [-0.15, -0.1) is 0 Å². The summed E-state index contributed by atoms with van der Waals surface area (Å²) >= 11 is 0. The summed E-state index contributed by atoms with van der Waals surface area (Å²) in [6, 6.07) is 0. The van der Waals surface area contributed by atoms with Gasteiger partial charge in [0.25, 0.3) is 11.8 Å². The van der Waals surface area contributed by atoms with Gasteiger partial charge >= 0.3 is 6.09 Å². The summed E-state index contributed by atoms with van der Waals surface area (Å²) in [6.45, 7) is 5.33. The van der Waals surface area contributed by atoms with Crippen LogP contribution < -0.4 is 15.4 Å². The molecule has 4 rings (SSSR count). The lowest BCUT2D eigenvalue weighted by atomic mass is 10.1. The number of hydrogen-bond acceptors (Lipinski definition) is 8. The molecule has 0 saturated carbocycles. The number of nitrogens with one attached hydrogen (secondary N) is 2. The van der Waals surface area contributed by atoms with Crippen molar-refractivity contribution in [1.82, 2.24) is 19.9 Å². The van der Waals surface area contributed by atoms with Crippen LogP contribution in [-0.2, 0) is 22.4 Å². The van der Waals surface area contributed by atoms with E-state index in [1.165, 1.54) is 12.4 Å². The van der Waals surface area contributed by atoms with Gasteiger partial charge in [-0.1, -0.05) is 6.92 Å². The van der Waals surface area contributed by atoms with E-state index in [0.717, 1.165) is 42.8 Å². The minimum atomic E-state index is -0.642. The second kappa shape index (κ2) is 10.3. The maximum atomic E-state index is 14.1. The number of amides is 2. The van der Waals surface area contributed by atoms with E-state index in [9.17, 15) is 14.0 Å². The molecule has 2 aromatic rings. The molecule has 11 heteroatoms. The number of carbonyl (C=O) groups is 2. The Kier molecular flexibility index (Phi) is 7.20. The molecule has 3 heterocycles. The zero-order valence-corrected chi connectivity index (χ0v) is 19.6. The first-order valence-electron chi connectivity index (χ1n) is 11.4. The Morgan fingerprint density at radius 3 is 2.91 bits per heavy atom. The van der Waals surface area contributed by atoms with Crippen molar-refractivity contribution in [1.29, 1.82) is 0 Å². The lowest BCUT2D eigenvalue weighted by Crippen LogP contribution is -2.31. The van der Waals surface area contributed by atoms with Gasteiger partial charge in [-0.2, -0.15) is 0 Å². The first kappa shape index (κ1) is 23.8. The van der Waals surface area contributed by atoms with Gasteiger partial charge in [0.1, 0.15) is 11.9 Å². The van der Waals surface area contributed by atoms with E-state index in [0.29, 0.717) is 18.8 Å². The van der Waals surface area contributed by atoms with E-state index in [4.69, 9.17) is 9.47 Å². The molecule has 182 valence electrons. The third-order valence-electron chi connectivity index (χ3n) is 6.15. The van der Waals surface area contributed by atoms with E-state index in [1.54, 1.807) is 0 Å². The number of aryl methyl sites for hydroxylation is 1. The van der Waals surface area contributed by atoms with Crippen LogP contribution >= 0.6 is 0 Å². The number of halogens is 1. The number of aromatic nitrogens is 3. The average molecular weight is 473 g/mol. The molecule has 2 aliphatic rings. The minimum absolute atomic E-state index is 0.120. The van der Waals surface area contributed by atoms with Crippen LogP contribution in [0.3, 0.4) is 0 Å². The molecule has 2 amide bonds. The van der Waals surface area contributed by atoms with Crippen molar-refractivity contribution in [2.45, 2.75) is 45.6 Å². The molecular weight excluding hydrogens is 443 g/mol. The second-order valence-electron chi connectivity index (χ2n) is 8.78. The fourth-order valence-corrected chi connectivity index (χ4v) is 4.40. The van der Waals surface area contributed by atoms with Gasteiger partial charge in [0.15, 0.2) is 18.2 Å². The van der Waals surface area contributed by atoms with E-state index in [-0.39, 0.29) is 42.0 Å². The molecular formula is C23H29FN6O4. The molecule has 0 radical (unpaired) electrons. The monoisotopic (exact) mass is 472 g/mol. The number of rotatable bonds is 8. The number of carbonyl (C=O) groups excluding carboxylic acids is 2. The Labute approximate surface area is 197 Å². The second-order valence-corrected chi connectivity index (χ2v) is 8.78. The largest absolute Gasteiger partial charge is 0.465 e. The van der Waals surface area contributed by atoms with Crippen LogP contribution in [-0.4, -0.2) is 64.7 Å². The first-order chi connectivity index (χ1) is 16.3. The zero-order valence-electron chi connectivity index (χ0n) is 19.6. The van der Waals surface area contributed by atoms with Crippen molar-refractivity contribution in [3.05, 3.63) is 35.0 Å². The number of anilines is 2. The smallest absolute Gasteiger partial charge is 0.413 e. The molecule has 2 aromatic heterocycles. The van der Waals surface area contributed by atoms with E-state index in [1.807, 2.05) is 20.9 Å². The Morgan fingerprint density at radius 2 is 2.15 bits per heavy atom. The van der Waals surface area contributed by atoms with Crippen LogP contribution in [0.2, 0.25) is 0 Å². The SMILES string of the molecule is CCC(CCN(C)CC1Cc2c(F)cnc(C)c2C1)OC(=O)Nc1cnc2c(n1)NC(=O)CO2. The van der Waals surface area contributed by atoms with Crippen molar-refractivity contribution >= 4 is 23.6 Å². The highest BCUT2D eigenvalue weighted by Gasteiger charge is 2.27. The van der Waals surface area contributed by atoms with Crippen molar-refractivity contribution in [3.63, 3.8) is 0 Å². The molecule has 2 unspecified atom stereocenters. The van der Waals surface area contributed by atoms with Crippen LogP contribution in [0.5, 0.6) is 5.88 Å². The number of fused-ring (bicyclic) bond motifs is 2. The normalized spacial score (nSPS) is 17.4. The third-order valence-corrected chi connectivity index (χ3v) is 6.15. The summed E-state index contributed by atoms with van der Waals surface area (Å²) in [4.78, 5) is 38.3. The molecule has 34 heavy (non-hydrogen) atoms. The molecule has 0 spiro atoms. The molecule has 0 saturated heterocycles. The summed E-state index contributed by atoms with van der Waals surface area (Å²) in [6.07, 6.45) is 4.61. The standard InChI is InChI=1S/C23H29FN6O4/c1-4-15(34-23(32)28-19-10-26-22-21(27-19)29-20(31)12-33-22)5-6-30(3)11-14-7-16-13(2)25-9-18(24)17(16)8-14/h9-10,14-15H,4-8,11-12H2,1-3H3,(H2,27,28,29,31,32). The summed E-state index contributed by atoms with van der Waals surface area (Å²) < 4.78 is 24.8. The molecule has 0 aromatic carbocycles. The Morgan fingerprint density at radius 1 is 1.35 bits per heavy atom. The summed E-state index contributed by atoms with van der Waals surface area (Å²) in [5, 5.41) is 5.08. The van der Waals surface area contributed by atoms with Gasteiger partial charge < -0.3 is 19.7 Å². The van der Waals surface area contributed by atoms with Crippen LogP contribution in [0.1, 0.15) is 36.6 Å². The third kappa shape index (κ3) is 5.58. The van der Waals surface area contributed by atoms with E-state index in [2.05, 4.69) is 30.5 Å². The Bertz CT molecular complexity index is 1050. The highest BCUT2D eigenvalue weighted by Crippen LogP contribution is 2.30. The van der Waals surface area contributed by atoms with Gasteiger partial charge in [0.05, 0.1) is 12.4 Å². The lowest BCUT2D eigenvalue weighted by molar-refractivity contribution is -0.118. The predicted molar refractivity (Wildman–Crippen MR) is 122 cm³/mol. The average Bonchev–Trinajstić information content (AvgIpc) is 3.23. The number of hydrogen-bond donors (Lipinski definition) is 2. The van der Waals surface area contributed by atoms with Crippen molar-refractivity contribution in [3.8, 4) is 5.88 Å². The number of ether oxygens (including phenoxy) is 2. The molecule has 2 N–H and O–H groups in total. The van der Waals surface area contributed by atoms with Crippen molar-refractivity contribution < 1.29 is 23.5 Å². The molecule has 0 bridgehead atoms. The van der Waals surface area contributed by atoms with Gasteiger partial charge in [0, 0.05) is 18.8 Å². The van der Waals surface area contributed by atoms with Crippen LogP contribution in [0.15, 0.2) is 12.4 Å². The molecule has 10 nitrogen and oxygen atoms in total. The Hall–Kier alpha value is -3.34.